The predicted molar refractivity (Wildman–Crippen MR) is 106 cm³/mol. The van der Waals surface area contributed by atoms with E-state index in [1.807, 2.05) is 42.2 Å². The average molecular weight is 368 g/mol. The van der Waals surface area contributed by atoms with E-state index in [1.54, 1.807) is 16.8 Å². The Kier molecular flexibility index (Phi) is 5.51. The minimum atomic E-state index is -0.177. The van der Waals surface area contributed by atoms with Gasteiger partial charge in [-0.1, -0.05) is 51.1 Å². The zero-order chi connectivity index (χ0) is 19.6. The van der Waals surface area contributed by atoms with Gasteiger partial charge in [-0.3, -0.25) is 9.59 Å². The molecule has 0 spiro atoms. The van der Waals surface area contributed by atoms with E-state index in [0.717, 1.165) is 5.56 Å². The number of aryl methyl sites for hydroxylation is 1. The Morgan fingerprint density at radius 1 is 1.15 bits per heavy atom. The van der Waals surface area contributed by atoms with E-state index in [-0.39, 0.29) is 29.1 Å². The van der Waals surface area contributed by atoms with Gasteiger partial charge < -0.3 is 14.2 Å². The fourth-order valence-corrected chi connectivity index (χ4v) is 3.34. The van der Waals surface area contributed by atoms with E-state index in [9.17, 15) is 9.59 Å². The summed E-state index contributed by atoms with van der Waals surface area (Å²) < 4.78 is 7.94. The van der Waals surface area contributed by atoms with E-state index < -0.39 is 0 Å². The van der Waals surface area contributed by atoms with Gasteiger partial charge in [0.15, 0.2) is 0 Å². The molecule has 1 amide bonds. The minimum absolute atomic E-state index is 0.0866. The second-order valence-corrected chi connectivity index (χ2v) is 8.14. The molecule has 0 saturated carbocycles. The van der Waals surface area contributed by atoms with Crippen LogP contribution in [-0.4, -0.2) is 34.6 Å². The van der Waals surface area contributed by atoms with Gasteiger partial charge in [-0.15, -0.1) is 0 Å². The monoisotopic (exact) mass is 368 g/mol. The smallest absolute Gasteiger partial charge is 0.254 e. The summed E-state index contributed by atoms with van der Waals surface area (Å²) >= 11 is 0. The second kappa shape index (κ2) is 7.69. The molecule has 0 radical (unpaired) electrons. The fraction of sp³-hybridized carbons (Fsp3) is 0.455. The van der Waals surface area contributed by atoms with E-state index in [4.69, 9.17) is 4.74 Å². The summed E-state index contributed by atoms with van der Waals surface area (Å²) in [5, 5.41) is 0. The highest BCUT2D eigenvalue weighted by atomic mass is 16.5. The predicted octanol–water partition coefficient (Wildman–Crippen LogP) is 3.50. The van der Waals surface area contributed by atoms with Crippen molar-refractivity contribution < 1.29 is 9.53 Å². The minimum Gasteiger partial charge on any atom is -0.366 e. The quantitative estimate of drug-likeness (QED) is 0.833. The van der Waals surface area contributed by atoms with E-state index in [0.29, 0.717) is 25.2 Å². The lowest BCUT2D eigenvalue weighted by atomic mass is 9.87. The Morgan fingerprint density at radius 3 is 2.44 bits per heavy atom. The van der Waals surface area contributed by atoms with Crippen LogP contribution in [0.3, 0.4) is 0 Å². The zero-order valence-corrected chi connectivity index (χ0v) is 16.5. The van der Waals surface area contributed by atoms with Crippen LogP contribution in [0.4, 0.5) is 0 Å². The highest BCUT2D eigenvalue weighted by Gasteiger charge is 2.37. The normalized spacial score (nSPS) is 20.5. The number of hydrogen-bond donors (Lipinski definition) is 0. The van der Waals surface area contributed by atoms with Gasteiger partial charge in [0.25, 0.3) is 11.5 Å². The first-order valence-corrected chi connectivity index (χ1v) is 9.49. The van der Waals surface area contributed by atoms with Crippen LogP contribution < -0.4 is 5.56 Å². The van der Waals surface area contributed by atoms with Gasteiger partial charge in [0.2, 0.25) is 0 Å². The lowest BCUT2D eigenvalue weighted by Crippen LogP contribution is -2.51. The molecule has 1 aliphatic rings. The summed E-state index contributed by atoms with van der Waals surface area (Å²) in [4.78, 5) is 27.1. The maximum absolute atomic E-state index is 13.1. The number of rotatable bonds is 3. The molecule has 1 aliphatic heterocycles. The van der Waals surface area contributed by atoms with Crippen LogP contribution in [0.1, 0.15) is 49.7 Å². The maximum Gasteiger partial charge on any atom is 0.254 e. The highest BCUT2D eigenvalue weighted by molar-refractivity contribution is 5.94. The molecule has 1 saturated heterocycles. The van der Waals surface area contributed by atoms with Crippen molar-refractivity contribution in [2.45, 2.75) is 46.4 Å². The molecule has 144 valence electrons. The topological polar surface area (TPSA) is 51.5 Å². The third-order valence-corrected chi connectivity index (χ3v) is 5.11. The summed E-state index contributed by atoms with van der Waals surface area (Å²) in [6.07, 6.45) is 1.42. The number of amides is 1. The Morgan fingerprint density at radius 2 is 1.85 bits per heavy atom. The number of benzene rings is 1. The maximum atomic E-state index is 13.1. The number of ether oxygens (including phenoxy) is 1. The number of aromatic nitrogens is 1. The Hall–Kier alpha value is -2.40. The van der Waals surface area contributed by atoms with Crippen molar-refractivity contribution in [3.05, 3.63) is 70.1 Å². The molecule has 0 bridgehead atoms. The summed E-state index contributed by atoms with van der Waals surface area (Å²) in [5.41, 5.74) is 1.25. The third kappa shape index (κ3) is 4.30. The molecular weight excluding hydrogens is 340 g/mol. The summed E-state index contributed by atoms with van der Waals surface area (Å²) in [7, 11) is 0. The van der Waals surface area contributed by atoms with Gasteiger partial charge in [-0.2, -0.15) is 0 Å². The van der Waals surface area contributed by atoms with Crippen LogP contribution >= 0.6 is 0 Å². The van der Waals surface area contributed by atoms with Gasteiger partial charge in [-0.25, -0.2) is 0 Å². The number of carbonyl (C=O) groups is 1. The molecule has 2 heterocycles. The fourth-order valence-electron chi connectivity index (χ4n) is 3.34. The zero-order valence-electron chi connectivity index (χ0n) is 16.5. The van der Waals surface area contributed by atoms with Crippen molar-refractivity contribution in [1.29, 1.82) is 0 Å². The lowest BCUT2D eigenvalue weighted by Gasteiger charge is -2.43. The third-order valence-electron chi connectivity index (χ3n) is 5.11. The molecule has 1 fully saturated rings. The number of carbonyl (C=O) groups excluding carboxylic acids is 1. The number of nitrogens with zero attached hydrogens (tertiary/aromatic N) is 2. The van der Waals surface area contributed by atoms with Gasteiger partial charge in [0.05, 0.1) is 12.6 Å². The van der Waals surface area contributed by atoms with Crippen molar-refractivity contribution in [3.63, 3.8) is 0 Å². The summed E-state index contributed by atoms with van der Waals surface area (Å²) in [5.74, 6) is -0.117. The molecule has 3 rings (SSSR count). The number of morpholine rings is 1. The molecule has 2 atom stereocenters. The van der Waals surface area contributed by atoms with Crippen LogP contribution in [-0.2, 0) is 11.3 Å². The molecule has 0 aliphatic carbocycles. The number of hydrogen-bond acceptors (Lipinski definition) is 3. The lowest BCUT2D eigenvalue weighted by molar-refractivity contribution is -0.119. The van der Waals surface area contributed by atoms with Gasteiger partial charge in [0.1, 0.15) is 6.10 Å². The van der Waals surface area contributed by atoms with Crippen molar-refractivity contribution in [3.8, 4) is 0 Å². The van der Waals surface area contributed by atoms with E-state index in [1.165, 1.54) is 6.07 Å². The summed E-state index contributed by atoms with van der Waals surface area (Å²) in [6, 6.07) is 13.2. The van der Waals surface area contributed by atoms with Crippen molar-refractivity contribution in [2.24, 2.45) is 5.41 Å². The molecule has 5 heteroatoms. The Labute approximate surface area is 160 Å². The second-order valence-electron chi connectivity index (χ2n) is 8.14. The van der Waals surface area contributed by atoms with Crippen LogP contribution in [0.2, 0.25) is 0 Å². The molecule has 0 N–H and O–H groups in total. The van der Waals surface area contributed by atoms with Crippen LogP contribution in [0, 0.1) is 5.41 Å². The van der Waals surface area contributed by atoms with Gasteiger partial charge >= 0.3 is 0 Å². The van der Waals surface area contributed by atoms with Crippen LogP contribution in [0.25, 0.3) is 0 Å². The standard InChI is InChI=1S/C22H28N2O3/c1-5-23-12-11-17(13-20(23)25)21(26)24-14-18(16-9-7-6-8-10-16)27-19(15-24)22(2,3)4/h6-13,18-19H,5,14-15H2,1-4H3/t18-,19+/m0/s1. The molecular formula is C22H28N2O3. The van der Waals surface area contributed by atoms with Gasteiger partial charge in [-0.05, 0) is 24.0 Å². The van der Waals surface area contributed by atoms with Crippen molar-refractivity contribution in [1.82, 2.24) is 9.47 Å². The Bertz CT molecular complexity index is 852. The first-order valence-electron chi connectivity index (χ1n) is 9.49. The first-order chi connectivity index (χ1) is 12.8. The molecule has 0 unspecified atom stereocenters. The van der Waals surface area contributed by atoms with Gasteiger partial charge in [0, 0.05) is 30.9 Å². The molecule has 1 aromatic carbocycles. The summed E-state index contributed by atoms with van der Waals surface area (Å²) in [6.45, 7) is 9.85. The molecule has 2 aromatic rings. The molecule has 5 nitrogen and oxygen atoms in total. The average Bonchev–Trinajstić information content (AvgIpc) is 2.67. The van der Waals surface area contributed by atoms with Crippen LogP contribution in [0.15, 0.2) is 53.5 Å². The van der Waals surface area contributed by atoms with E-state index >= 15 is 0 Å². The van der Waals surface area contributed by atoms with Crippen LogP contribution in [0.5, 0.6) is 0 Å². The molecule has 1 aromatic heterocycles. The number of pyridine rings is 1. The highest BCUT2D eigenvalue weighted by Crippen LogP contribution is 2.33. The van der Waals surface area contributed by atoms with Crippen molar-refractivity contribution >= 4 is 5.91 Å². The molecule has 27 heavy (non-hydrogen) atoms. The largest absolute Gasteiger partial charge is 0.366 e. The van der Waals surface area contributed by atoms with E-state index in [2.05, 4.69) is 20.8 Å². The Balaban J connectivity index is 1.89. The van der Waals surface area contributed by atoms with Crippen molar-refractivity contribution in [2.75, 3.05) is 13.1 Å². The first kappa shape index (κ1) is 19.4. The SMILES string of the molecule is CCn1ccc(C(=O)N2C[C@@H](c3ccccc3)O[C@@H](C(C)(C)C)C2)cc1=O.